The van der Waals surface area contributed by atoms with Crippen molar-refractivity contribution in [3.8, 4) is 0 Å². The Kier molecular flexibility index (Phi) is 3.65. The summed E-state index contributed by atoms with van der Waals surface area (Å²) in [4.78, 5) is 4.51. The van der Waals surface area contributed by atoms with Gasteiger partial charge in [-0.25, -0.2) is 4.98 Å². The molecule has 16 heavy (non-hydrogen) atoms. The van der Waals surface area contributed by atoms with Gasteiger partial charge in [-0.1, -0.05) is 19.4 Å². The minimum absolute atomic E-state index is 0.657. The zero-order valence-corrected chi connectivity index (χ0v) is 10.2. The Labute approximate surface area is 97.7 Å². The predicted molar refractivity (Wildman–Crippen MR) is 68.8 cm³/mol. The van der Waals surface area contributed by atoms with Gasteiger partial charge < -0.3 is 10.6 Å². The minimum Gasteiger partial charge on any atom is -0.370 e. The second-order valence-corrected chi connectivity index (χ2v) is 4.47. The SMILES string of the molecule is CCCC1CC1Nc1cccc(NCC)n1. The van der Waals surface area contributed by atoms with Crippen LogP contribution >= 0.6 is 0 Å². The summed E-state index contributed by atoms with van der Waals surface area (Å²) in [5.41, 5.74) is 0. The van der Waals surface area contributed by atoms with Crippen LogP contribution in [0.3, 0.4) is 0 Å². The molecule has 2 N–H and O–H groups in total. The fourth-order valence-electron chi connectivity index (χ4n) is 2.10. The average molecular weight is 219 g/mol. The molecule has 3 nitrogen and oxygen atoms in total. The van der Waals surface area contributed by atoms with E-state index < -0.39 is 0 Å². The quantitative estimate of drug-likeness (QED) is 0.772. The van der Waals surface area contributed by atoms with Crippen LogP contribution < -0.4 is 10.6 Å². The lowest BCUT2D eigenvalue weighted by atomic mass is 10.2. The van der Waals surface area contributed by atoms with E-state index in [1.54, 1.807) is 0 Å². The van der Waals surface area contributed by atoms with Gasteiger partial charge in [0.2, 0.25) is 0 Å². The molecule has 1 heterocycles. The molecule has 0 spiro atoms. The summed E-state index contributed by atoms with van der Waals surface area (Å²) < 4.78 is 0. The number of anilines is 2. The standard InChI is InChI=1S/C13H21N3/c1-3-6-10-9-11(10)15-13-8-5-7-12(16-13)14-4-2/h5,7-8,10-11H,3-4,6,9H2,1-2H3,(H2,14,15,16). The van der Waals surface area contributed by atoms with Crippen molar-refractivity contribution in [2.24, 2.45) is 5.92 Å². The summed E-state index contributed by atoms with van der Waals surface area (Å²) in [5.74, 6) is 2.83. The molecule has 3 heteroatoms. The molecule has 1 aliphatic carbocycles. The monoisotopic (exact) mass is 219 g/mol. The Balaban J connectivity index is 1.87. The molecule has 88 valence electrons. The highest BCUT2D eigenvalue weighted by atomic mass is 15.1. The number of nitrogens with one attached hydrogen (secondary N) is 2. The number of hydrogen-bond donors (Lipinski definition) is 2. The fraction of sp³-hybridized carbons (Fsp3) is 0.615. The Hall–Kier alpha value is -1.25. The third kappa shape index (κ3) is 2.87. The van der Waals surface area contributed by atoms with Crippen LogP contribution in [0.1, 0.15) is 33.1 Å². The number of nitrogens with zero attached hydrogens (tertiary/aromatic N) is 1. The molecular formula is C13H21N3. The topological polar surface area (TPSA) is 37.0 Å². The largest absolute Gasteiger partial charge is 0.370 e. The van der Waals surface area contributed by atoms with Crippen molar-refractivity contribution in [2.45, 2.75) is 39.2 Å². The van der Waals surface area contributed by atoms with Crippen molar-refractivity contribution in [2.75, 3.05) is 17.2 Å². The van der Waals surface area contributed by atoms with Gasteiger partial charge in [0.25, 0.3) is 0 Å². The van der Waals surface area contributed by atoms with Gasteiger partial charge in [0.05, 0.1) is 0 Å². The first-order chi connectivity index (χ1) is 7.83. The van der Waals surface area contributed by atoms with Gasteiger partial charge in [-0.15, -0.1) is 0 Å². The van der Waals surface area contributed by atoms with E-state index >= 15 is 0 Å². The van der Waals surface area contributed by atoms with E-state index in [1.807, 2.05) is 18.2 Å². The van der Waals surface area contributed by atoms with E-state index in [0.29, 0.717) is 6.04 Å². The first kappa shape index (κ1) is 11.2. The second-order valence-electron chi connectivity index (χ2n) is 4.47. The number of aromatic nitrogens is 1. The number of hydrogen-bond acceptors (Lipinski definition) is 3. The van der Waals surface area contributed by atoms with Gasteiger partial charge in [0.15, 0.2) is 0 Å². The van der Waals surface area contributed by atoms with Gasteiger partial charge in [0.1, 0.15) is 11.6 Å². The van der Waals surface area contributed by atoms with Gasteiger partial charge in [0, 0.05) is 12.6 Å². The lowest BCUT2D eigenvalue weighted by Crippen LogP contribution is -2.07. The summed E-state index contributed by atoms with van der Waals surface area (Å²) in [5, 5.41) is 6.73. The van der Waals surface area contributed by atoms with Crippen molar-refractivity contribution in [1.29, 1.82) is 0 Å². The van der Waals surface area contributed by atoms with Crippen LogP contribution in [0.25, 0.3) is 0 Å². The Bertz CT molecular complexity index is 338. The Morgan fingerprint density at radius 2 is 2.12 bits per heavy atom. The third-order valence-corrected chi connectivity index (χ3v) is 3.02. The molecule has 1 aliphatic rings. The zero-order chi connectivity index (χ0) is 11.4. The van der Waals surface area contributed by atoms with Gasteiger partial charge >= 0.3 is 0 Å². The fourth-order valence-corrected chi connectivity index (χ4v) is 2.10. The highest BCUT2D eigenvalue weighted by Crippen LogP contribution is 2.36. The minimum atomic E-state index is 0.657. The van der Waals surface area contributed by atoms with E-state index in [-0.39, 0.29) is 0 Å². The first-order valence-corrected chi connectivity index (χ1v) is 6.31. The summed E-state index contributed by atoms with van der Waals surface area (Å²) in [6, 6.07) is 6.75. The molecule has 1 aromatic rings. The zero-order valence-electron chi connectivity index (χ0n) is 10.2. The van der Waals surface area contributed by atoms with Crippen molar-refractivity contribution in [3.63, 3.8) is 0 Å². The molecule has 0 radical (unpaired) electrons. The van der Waals surface area contributed by atoms with Crippen molar-refractivity contribution in [1.82, 2.24) is 4.98 Å². The summed E-state index contributed by atoms with van der Waals surface area (Å²) in [6.45, 7) is 5.25. The molecule has 0 bridgehead atoms. The summed E-state index contributed by atoms with van der Waals surface area (Å²) >= 11 is 0. The summed E-state index contributed by atoms with van der Waals surface area (Å²) in [6.07, 6.45) is 3.93. The molecule has 2 atom stereocenters. The molecule has 0 amide bonds. The molecule has 0 aromatic carbocycles. The van der Waals surface area contributed by atoms with E-state index in [4.69, 9.17) is 0 Å². The lowest BCUT2D eigenvalue weighted by Gasteiger charge is -2.07. The van der Waals surface area contributed by atoms with Gasteiger partial charge in [-0.05, 0) is 37.8 Å². The van der Waals surface area contributed by atoms with Crippen LogP contribution in [0, 0.1) is 5.92 Å². The van der Waals surface area contributed by atoms with E-state index in [1.165, 1.54) is 19.3 Å². The van der Waals surface area contributed by atoms with Crippen LogP contribution in [0.15, 0.2) is 18.2 Å². The average Bonchev–Trinajstić information content (AvgIpc) is 2.98. The van der Waals surface area contributed by atoms with Crippen LogP contribution in [-0.4, -0.2) is 17.6 Å². The first-order valence-electron chi connectivity index (χ1n) is 6.31. The molecule has 1 saturated carbocycles. The van der Waals surface area contributed by atoms with Crippen LogP contribution in [0.4, 0.5) is 11.6 Å². The maximum atomic E-state index is 4.51. The smallest absolute Gasteiger partial charge is 0.128 e. The summed E-state index contributed by atoms with van der Waals surface area (Å²) in [7, 11) is 0. The highest BCUT2D eigenvalue weighted by molar-refractivity contribution is 5.46. The Morgan fingerprint density at radius 3 is 2.88 bits per heavy atom. The maximum absolute atomic E-state index is 4.51. The Morgan fingerprint density at radius 1 is 1.31 bits per heavy atom. The van der Waals surface area contributed by atoms with Crippen LogP contribution in [-0.2, 0) is 0 Å². The molecule has 1 aromatic heterocycles. The van der Waals surface area contributed by atoms with E-state index in [2.05, 4.69) is 29.5 Å². The van der Waals surface area contributed by atoms with Crippen molar-refractivity contribution >= 4 is 11.6 Å². The predicted octanol–water partition coefficient (Wildman–Crippen LogP) is 3.11. The van der Waals surface area contributed by atoms with Gasteiger partial charge in [-0.3, -0.25) is 0 Å². The van der Waals surface area contributed by atoms with Crippen molar-refractivity contribution in [3.05, 3.63) is 18.2 Å². The molecule has 0 saturated heterocycles. The molecule has 0 aliphatic heterocycles. The van der Waals surface area contributed by atoms with Crippen molar-refractivity contribution < 1.29 is 0 Å². The molecule has 2 unspecified atom stereocenters. The second kappa shape index (κ2) is 5.19. The molecule has 1 fully saturated rings. The maximum Gasteiger partial charge on any atom is 0.128 e. The van der Waals surface area contributed by atoms with E-state index in [9.17, 15) is 0 Å². The highest BCUT2D eigenvalue weighted by Gasteiger charge is 2.35. The molecule has 2 rings (SSSR count). The normalized spacial score (nSPS) is 22.9. The van der Waals surface area contributed by atoms with Crippen LogP contribution in [0.2, 0.25) is 0 Å². The number of rotatable bonds is 6. The lowest BCUT2D eigenvalue weighted by molar-refractivity contribution is 0.692. The van der Waals surface area contributed by atoms with Gasteiger partial charge in [-0.2, -0.15) is 0 Å². The van der Waals surface area contributed by atoms with E-state index in [0.717, 1.165) is 24.1 Å². The van der Waals surface area contributed by atoms with Crippen LogP contribution in [0.5, 0.6) is 0 Å². The molecular weight excluding hydrogens is 198 g/mol. The number of pyridine rings is 1. The third-order valence-electron chi connectivity index (χ3n) is 3.02.